The number of rotatable bonds is 4. The second kappa shape index (κ2) is 6.76. The second-order valence-corrected chi connectivity index (χ2v) is 4.77. The van der Waals surface area contributed by atoms with Crippen molar-refractivity contribution in [1.29, 1.82) is 0 Å². The van der Waals surface area contributed by atoms with E-state index in [2.05, 4.69) is 5.32 Å². The summed E-state index contributed by atoms with van der Waals surface area (Å²) < 4.78 is 4.85. The molecule has 0 aromatic heterocycles. The van der Waals surface area contributed by atoms with E-state index in [0.717, 1.165) is 5.56 Å². The fourth-order valence-corrected chi connectivity index (χ4v) is 1.89. The van der Waals surface area contributed by atoms with Gasteiger partial charge >= 0.3 is 5.97 Å². The predicted molar refractivity (Wildman–Crippen MR) is 83.2 cm³/mol. The van der Waals surface area contributed by atoms with Crippen molar-refractivity contribution >= 4 is 17.6 Å². The molecular weight excluding hydrogens is 282 g/mol. The van der Waals surface area contributed by atoms with E-state index < -0.39 is 5.97 Å². The van der Waals surface area contributed by atoms with E-state index in [1.165, 1.54) is 18.2 Å². The number of ether oxygens (including phenoxy) is 1. The van der Waals surface area contributed by atoms with E-state index >= 15 is 0 Å². The van der Waals surface area contributed by atoms with Gasteiger partial charge in [0, 0.05) is 11.3 Å². The van der Waals surface area contributed by atoms with Gasteiger partial charge < -0.3 is 15.2 Å². The topological polar surface area (TPSA) is 75.6 Å². The molecule has 2 N–H and O–H groups in total. The highest BCUT2D eigenvalue weighted by Crippen LogP contribution is 2.23. The molecule has 5 heteroatoms. The number of esters is 1. The van der Waals surface area contributed by atoms with Crippen molar-refractivity contribution in [2.75, 3.05) is 11.9 Å². The molecule has 2 aromatic carbocycles. The summed E-state index contributed by atoms with van der Waals surface area (Å²) in [5, 5.41) is 12.4. The lowest BCUT2D eigenvalue weighted by Crippen LogP contribution is -2.13. The molecule has 22 heavy (non-hydrogen) atoms. The minimum Gasteiger partial charge on any atom is -0.507 e. The van der Waals surface area contributed by atoms with Crippen molar-refractivity contribution in [3.05, 3.63) is 59.2 Å². The number of carbonyl (C=O) groups excluding carboxylic acids is 2. The SMILES string of the molecule is CCOC(=O)c1cc(NC(=O)c2ccc(C)cc2)ccc1O. The lowest BCUT2D eigenvalue weighted by Gasteiger charge is -2.09. The fourth-order valence-electron chi connectivity index (χ4n) is 1.89. The van der Waals surface area contributed by atoms with Gasteiger partial charge in [0.15, 0.2) is 0 Å². The Labute approximate surface area is 128 Å². The van der Waals surface area contributed by atoms with Crippen molar-refractivity contribution in [3.63, 3.8) is 0 Å². The molecule has 0 bridgehead atoms. The van der Waals surface area contributed by atoms with Gasteiger partial charge in [0.2, 0.25) is 0 Å². The van der Waals surface area contributed by atoms with Gasteiger partial charge in [0.1, 0.15) is 11.3 Å². The molecule has 0 saturated carbocycles. The monoisotopic (exact) mass is 299 g/mol. The first-order chi connectivity index (χ1) is 10.5. The van der Waals surface area contributed by atoms with Crippen LogP contribution in [0.1, 0.15) is 33.2 Å². The number of nitrogens with one attached hydrogen (secondary N) is 1. The number of benzene rings is 2. The quantitative estimate of drug-likeness (QED) is 0.672. The molecule has 0 unspecified atom stereocenters. The van der Waals surface area contributed by atoms with Crippen LogP contribution in [0.15, 0.2) is 42.5 Å². The Morgan fingerprint density at radius 2 is 1.82 bits per heavy atom. The fraction of sp³-hybridized carbons (Fsp3) is 0.176. The molecule has 0 fully saturated rings. The van der Waals surface area contributed by atoms with E-state index in [4.69, 9.17) is 4.74 Å². The summed E-state index contributed by atoms with van der Waals surface area (Å²) in [6.45, 7) is 3.82. The van der Waals surface area contributed by atoms with Gasteiger partial charge in [-0.3, -0.25) is 4.79 Å². The van der Waals surface area contributed by atoms with Crippen molar-refractivity contribution in [2.24, 2.45) is 0 Å². The van der Waals surface area contributed by atoms with Crippen molar-refractivity contribution in [1.82, 2.24) is 0 Å². The van der Waals surface area contributed by atoms with Crippen LogP contribution in [-0.2, 0) is 4.74 Å². The second-order valence-electron chi connectivity index (χ2n) is 4.77. The lowest BCUT2D eigenvalue weighted by atomic mass is 10.1. The number of phenolic OH excluding ortho intramolecular Hbond substituents is 1. The minimum absolute atomic E-state index is 0.0172. The standard InChI is InChI=1S/C17H17NO4/c1-3-22-17(21)14-10-13(8-9-15(14)19)18-16(20)12-6-4-11(2)5-7-12/h4-10,19H,3H2,1-2H3,(H,18,20). The zero-order chi connectivity index (χ0) is 16.1. The Bertz CT molecular complexity index is 692. The van der Waals surface area contributed by atoms with Crippen LogP contribution >= 0.6 is 0 Å². The largest absolute Gasteiger partial charge is 0.507 e. The highest BCUT2D eigenvalue weighted by Gasteiger charge is 2.14. The first-order valence-corrected chi connectivity index (χ1v) is 6.89. The van der Waals surface area contributed by atoms with Gasteiger partial charge in [-0.2, -0.15) is 0 Å². The van der Waals surface area contributed by atoms with Crippen LogP contribution < -0.4 is 5.32 Å². The van der Waals surface area contributed by atoms with E-state index in [-0.39, 0.29) is 23.8 Å². The van der Waals surface area contributed by atoms with Gasteiger partial charge in [-0.1, -0.05) is 17.7 Å². The molecule has 2 aromatic rings. The molecule has 0 aliphatic carbocycles. The van der Waals surface area contributed by atoms with Gasteiger partial charge in [0.05, 0.1) is 6.61 Å². The molecule has 2 rings (SSSR count). The predicted octanol–water partition coefficient (Wildman–Crippen LogP) is 3.13. The summed E-state index contributed by atoms with van der Waals surface area (Å²) in [5.41, 5.74) is 2.00. The number of phenols is 1. The van der Waals surface area contributed by atoms with Crippen LogP contribution in [0, 0.1) is 6.92 Å². The number of aryl methyl sites for hydroxylation is 1. The number of amides is 1. The van der Waals surface area contributed by atoms with Crippen LogP contribution in [0.5, 0.6) is 5.75 Å². The van der Waals surface area contributed by atoms with Crippen molar-refractivity contribution in [3.8, 4) is 5.75 Å². The summed E-state index contributed by atoms with van der Waals surface area (Å²) >= 11 is 0. The smallest absolute Gasteiger partial charge is 0.341 e. The van der Waals surface area contributed by atoms with E-state index in [9.17, 15) is 14.7 Å². The molecule has 0 aliphatic rings. The Morgan fingerprint density at radius 1 is 1.14 bits per heavy atom. The molecule has 5 nitrogen and oxygen atoms in total. The lowest BCUT2D eigenvalue weighted by molar-refractivity contribution is 0.0523. The summed E-state index contributed by atoms with van der Waals surface area (Å²) in [7, 11) is 0. The summed E-state index contributed by atoms with van der Waals surface area (Å²) in [4.78, 5) is 23.8. The highest BCUT2D eigenvalue weighted by molar-refractivity contribution is 6.05. The zero-order valence-corrected chi connectivity index (χ0v) is 12.4. The van der Waals surface area contributed by atoms with E-state index in [1.807, 2.05) is 19.1 Å². The Kier molecular flexibility index (Phi) is 4.78. The third-order valence-corrected chi connectivity index (χ3v) is 3.06. The maximum absolute atomic E-state index is 12.1. The average Bonchev–Trinajstić information content (AvgIpc) is 2.50. The van der Waals surface area contributed by atoms with Crippen molar-refractivity contribution < 1.29 is 19.4 Å². The number of anilines is 1. The number of carbonyl (C=O) groups is 2. The minimum atomic E-state index is -0.633. The molecule has 114 valence electrons. The summed E-state index contributed by atoms with van der Waals surface area (Å²) in [6, 6.07) is 11.4. The normalized spacial score (nSPS) is 10.1. The molecule has 0 radical (unpaired) electrons. The zero-order valence-electron chi connectivity index (χ0n) is 12.4. The molecule has 0 spiro atoms. The van der Waals surface area contributed by atoms with Crippen LogP contribution in [0.25, 0.3) is 0 Å². The maximum atomic E-state index is 12.1. The maximum Gasteiger partial charge on any atom is 0.341 e. The molecule has 0 saturated heterocycles. The molecule has 0 atom stereocenters. The summed E-state index contributed by atoms with van der Waals surface area (Å²) in [6.07, 6.45) is 0. The van der Waals surface area contributed by atoms with Crippen molar-refractivity contribution in [2.45, 2.75) is 13.8 Å². The van der Waals surface area contributed by atoms with Crippen LogP contribution in [0.4, 0.5) is 5.69 Å². The van der Waals surface area contributed by atoms with Gasteiger partial charge in [-0.25, -0.2) is 4.79 Å². The molecule has 0 heterocycles. The number of hydrogen-bond donors (Lipinski definition) is 2. The molecule has 0 aliphatic heterocycles. The molecule has 1 amide bonds. The first kappa shape index (κ1) is 15.6. The van der Waals surface area contributed by atoms with Gasteiger partial charge in [0.25, 0.3) is 5.91 Å². The Hall–Kier alpha value is -2.82. The highest BCUT2D eigenvalue weighted by atomic mass is 16.5. The number of hydrogen-bond acceptors (Lipinski definition) is 4. The first-order valence-electron chi connectivity index (χ1n) is 6.89. The number of aromatic hydroxyl groups is 1. The average molecular weight is 299 g/mol. The van der Waals surface area contributed by atoms with E-state index in [0.29, 0.717) is 11.3 Å². The Morgan fingerprint density at radius 3 is 2.45 bits per heavy atom. The third kappa shape index (κ3) is 3.63. The van der Waals surface area contributed by atoms with Gasteiger partial charge in [-0.15, -0.1) is 0 Å². The van der Waals surface area contributed by atoms with Crippen LogP contribution in [-0.4, -0.2) is 23.6 Å². The van der Waals surface area contributed by atoms with Crippen LogP contribution in [0.3, 0.4) is 0 Å². The summed E-state index contributed by atoms with van der Waals surface area (Å²) in [5.74, 6) is -1.11. The third-order valence-electron chi connectivity index (χ3n) is 3.06. The van der Waals surface area contributed by atoms with Crippen LogP contribution in [0.2, 0.25) is 0 Å². The van der Waals surface area contributed by atoms with E-state index in [1.54, 1.807) is 19.1 Å². The Balaban J connectivity index is 2.19. The van der Waals surface area contributed by atoms with Gasteiger partial charge in [-0.05, 0) is 44.2 Å². The molecular formula is C17H17NO4.